The molecule has 9 heteroatoms. The smallest absolute Gasteiger partial charge is 0.252 e. The molecule has 0 bridgehead atoms. The summed E-state index contributed by atoms with van der Waals surface area (Å²) < 4.78 is 37.1. The maximum Gasteiger partial charge on any atom is 0.252 e. The van der Waals surface area contributed by atoms with Gasteiger partial charge < -0.3 is 14.8 Å². The van der Waals surface area contributed by atoms with Crippen molar-refractivity contribution in [2.45, 2.75) is 10.3 Å². The van der Waals surface area contributed by atoms with Crippen LogP contribution in [-0.2, 0) is 14.8 Å². The second kappa shape index (κ2) is 7.42. The number of ether oxygens (including phenoxy) is 2. The lowest BCUT2D eigenvalue weighted by Gasteiger charge is -2.26. The lowest BCUT2D eigenvalue weighted by Crippen LogP contribution is -2.44. The van der Waals surface area contributed by atoms with Crippen molar-refractivity contribution in [1.29, 1.82) is 0 Å². The van der Waals surface area contributed by atoms with Crippen molar-refractivity contribution in [3.63, 3.8) is 0 Å². The molecule has 0 spiro atoms. The van der Waals surface area contributed by atoms with Crippen LogP contribution in [0.15, 0.2) is 46.0 Å². The van der Waals surface area contributed by atoms with E-state index in [4.69, 9.17) is 9.47 Å². The first kappa shape index (κ1) is 17.7. The molecule has 1 aliphatic rings. The van der Waals surface area contributed by atoms with E-state index in [9.17, 15) is 13.2 Å². The summed E-state index contributed by atoms with van der Waals surface area (Å²) in [6.45, 7) is 0.297. The van der Waals surface area contributed by atoms with Crippen molar-refractivity contribution in [2.24, 2.45) is 0 Å². The molecule has 0 unspecified atom stereocenters. The Balaban J connectivity index is 1.50. The Morgan fingerprint density at radius 3 is 2.76 bits per heavy atom. The van der Waals surface area contributed by atoms with Gasteiger partial charge in [-0.2, -0.15) is 4.31 Å². The van der Waals surface area contributed by atoms with E-state index in [1.807, 2.05) is 18.2 Å². The van der Waals surface area contributed by atoms with Gasteiger partial charge in [0.15, 0.2) is 11.5 Å². The molecule has 3 rings (SSSR count). The molecule has 1 aliphatic heterocycles. The fourth-order valence-electron chi connectivity index (χ4n) is 2.30. The molecule has 1 N–H and O–H groups in total. The molecular weight excluding hydrogens is 364 g/mol. The number of hydrogen-bond acceptors (Lipinski definition) is 6. The Bertz CT molecular complexity index is 836. The molecule has 0 saturated heterocycles. The maximum absolute atomic E-state index is 12.3. The maximum atomic E-state index is 12.3. The average molecular weight is 382 g/mol. The SMILES string of the molecule is CN(CC(=O)NC[C@H]1COc2ccccc2O1)S(=O)(=O)c1cccs1. The number of rotatable bonds is 6. The van der Waals surface area contributed by atoms with Crippen LogP contribution in [-0.4, -0.2) is 51.5 Å². The highest BCUT2D eigenvalue weighted by atomic mass is 32.2. The summed E-state index contributed by atoms with van der Waals surface area (Å²) in [5.41, 5.74) is 0. The van der Waals surface area contributed by atoms with Crippen molar-refractivity contribution < 1.29 is 22.7 Å². The number of nitrogens with zero attached hydrogens (tertiary/aromatic N) is 1. The predicted octanol–water partition coefficient (Wildman–Crippen LogP) is 1.32. The first-order valence-electron chi connectivity index (χ1n) is 7.62. The fraction of sp³-hybridized carbons (Fsp3) is 0.312. The number of nitrogens with one attached hydrogen (secondary N) is 1. The summed E-state index contributed by atoms with van der Waals surface area (Å²) in [6, 6.07) is 10.5. The van der Waals surface area contributed by atoms with Gasteiger partial charge in [0.1, 0.15) is 16.9 Å². The summed E-state index contributed by atoms with van der Waals surface area (Å²) in [5.74, 6) is 0.905. The van der Waals surface area contributed by atoms with E-state index in [0.29, 0.717) is 18.1 Å². The van der Waals surface area contributed by atoms with Gasteiger partial charge in [-0.1, -0.05) is 18.2 Å². The highest BCUT2D eigenvalue weighted by molar-refractivity contribution is 7.91. The molecule has 2 aromatic rings. The summed E-state index contributed by atoms with van der Waals surface area (Å²) >= 11 is 1.12. The standard InChI is InChI=1S/C16H18N2O5S2/c1-18(25(20,21)16-7-4-8-24-16)10-15(19)17-9-12-11-22-13-5-2-3-6-14(13)23-12/h2-8,12H,9-11H2,1H3,(H,17,19)/t12-/m0/s1. The molecule has 134 valence electrons. The van der Waals surface area contributed by atoms with Crippen LogP contribution in [0.1, 0.15) is 0 Å². The molecular formula is C16H18N2O5S2. The highest BCUT2D eigenvalue weighted by Crippen LogP contribution is 2.30. The third-order valence-corrected chi connectivity index (χ3v) is 6.80. The van der Waals surface area contributed by atoms with E-state index in [1.54, 1.807) is 17.5 Å². The largest absolute Gasteiger partial charge is 0.486 e. The molecule has 1 aromatic heterocycles. The number of para-hydroxylation sites is 2. The number of carbonyl (C=O) groups excluding carboxylic acids is 1. The summed E-state index contributed by atoms with van der Waals surface area (Å²) in [5, 5.41) is 4.36. The van der Waals surface area contributed by atoms with Crippen LogP contribution in [0.25, 0.3) is 0 Å². The molecule has 7 nitrogen and oxygen atoms in total. The number of sulfonamides is 1. The van der Waals surface area contributed by atoms with Crippen LogP contribution >= 0.6 is 11.3 Å². The Hall–Kier alpha value is -2.10. The monoisotopic (exact) mass is 382 g/mol. The number of hydrogen-bond donors (Lipinski definition) is 1. The van der Waals surface area contributed by atoms with Crippen LogP contribution in [0.3, 0.4) is 0 Å². The van der Waals surface area contributed by atoms with Gasteiger partial charge in [0.25, 0.3) is 10.0 Å². The molecule has 2 heterocycles. The minimum absolute atomic E-state index is 0.212. The van der Waals surface area contributed by atoms with E-state index in [2.05, 4.69) is 5.32 Å². The Kier molecular flexibility index (Phi) is 5.26. The van der Waals surface area contributed by atoms with E-state index in [0.717, 1.165) is 15.6 Å². The van der Waals surface area contributed by atoms with E-state index in [-0.39, 0.29) is 23.4 Å². The number of fused-ring (bicyclic) bond motifs is 1. The van der Waals surface area contributed by atoms with Crippen LogP contribution in [0.5, 0.6) is 11.5 Å². The molecule has 1 aromatic carbocycles. The average Bonchev–Trinajstić information content (AvgIpc) is 3.15. The van der Waals surface area contributed by atoms with Gasteiger partial charge in [0.2, 0.25) is 5.91 Å². The third-order valence-electron chi connectivity index (χ3n) is 3.62. The van der Waals surface area contributed by atoms with Crippen molar-refractivity contribution in [3.05, 3.63) is 41.8 Å². The summed E-state index contributed by atoms with van der Waals surface area (Å²) in [4.78, 5) is 12.0. The van der Waals surface area contributed by atoms with E-state index >= 15 is 0 Å². The zero-order valence-electron chi connectivity index (χ0n) is 13.5. The molecule has 0 aliphatic carbocycles. The zero-order valence-corrected chi connectivity index (χ0v) is 15.2. The Morgan fingerprint density at radius 1 is 1.28 bits per heavy atom. The summed E-state index contributed by atoms with van der Waals surface area (Å²) in [7, 11) is -2.26. The number of amides is 1. The van der Waals surface area contributed by atoms with Gasteiger partial charge in [0.05, 0.1) is 13.1 Å². The van der Waals surface area contributed by atoms with Gasteiger partial charge in [-0.25, -0.2) is 8.42 Å². The van der Waals surface area contributed by atoms with E-state index < -0.39 is 15.9 Å². The van der Waals surface area contributed by atoms with Crippen molar-refractivity contribution >= 4 is 27.3 Å². The van der Waals surface area contributed by atoms with Crippen LogP contribution in [0.2, 0.25) is 0 Å². The van der Waals surface area contributed by atoms with Gasteiger partial charge in [-0.3, -0.25) is 4.79 Å². The van der Waals surface area contributed by atoms with Crippen molar-refractivity contribution in [1.82, 2.24) is 9.62 Å². The third kappa shape index (κ3) is 4.12. The quantitative estimate of drug-likeness (QED) is 0.815. The predicted molar refractivity (Wildman–Crippen MR) is 93.5 cm³/mol. The zero-order chi connectivity index (χ0) is 17.9. The molecule has 0 saturated carbocycles. The molecule has 1 atom stereocenters. The second-order valence-electron chi connectivity index (χ2n) is 5.49. The van der Waals surface area contributed by atoms with Crippen molar-refractivity contribution in [2.75, 3.05) is 26.7 Å². The number of thiophene rings is 1. The van der Waals surface area contributed by atoms with Crippen LogP contribution in [0, 0.1) is 0 Å². The van der Waals surface area contributed by atoms with Gasteiger partial charge in [-0.15, -0.1) is 11.3 Å². The minimum Gasteiger partial charge on any atom is -0.486 e. The Morgan fingerprint density at radius 2 is 2.04 bits per heavy atom. The number of benzene rings is 1. The summed E-state index contributed by atoms with van der Waals surface area (Å²) in [6.07, 6.45) is -0.321. The normalized spacial score (nSPS) is 16.6. The fourth-order valence-corrected chi connectivity index (χ4v) is 4.63. The number of carbonyl (C=O) groups is 1. The second-order valence-corrected chi connectivity index (χ2v) is 8.71. The molecule has 0 radical (unpaired) electrons. The van der Waals surface area contributed by atoms with Gasteiger partial charge in [-0.05, 0) is 23.6 Å². The molecule has 1 amide bonds. The van der Waals surface area contributed by atoms with Crippen LogP contribution < -0.4 is 14.8 Å². The Labute approximate surface area is 150 Å². The van der Waals surface area contributed by atoms with Crippen LogP contribution in [0.4, 0.5) is 0 Å². The first-order valence-corrected chi connectivity index (χ1v) is 9.94. The lowest BCUT2D eigenvalue weighted by atomic mass is 10.2. The minimum atomic E-state index is -3.64. The molecule has 0 fully saturated rings. The van der Waals surface area contributed by atoms with Gasteiger partial charge >= 0.3 is 0 Å². The van der Waals surface area contributed by atoms with E-state index in [1.165, 1.54) is 13.1 Å². The first-order chi connectivity index (χ1) is 12.0. The van der Waals surface area contributed by atoms with Crippen molar-refractivity contribution in [3.8, 4) is 11.5 Å². The highest BCUT2D eigenvalue weighted by Gasteiger charge is 2.25. The topological polar surface area (TPSA) is 84.9 Å². The lowest BCUT2D eigenvalue weighted by molar-refractivity contribution is -0.121. The molecule has 25 heavy (non-hydrogen) atoms. The van der Waals surface area contributed by atoms with Gasteiger partial charge in [0, 0.05) is 7.05 Å². The number of likely N-dealkylation sites (N-methyl/N-ethyl adjacent to an activating group) is 1.